The minimum atomic E-state index is -0.336. The van der Waals surface area contributed by atoms with Gasteiger partial charge in [-0.25, -0.2) is 5.43 Å². The molecule has 2 aromatic heterocycles. The van der Waals surface area contributed by atoms with E-state index in [1.807, 2.05) is 6.07 Å². The molecule has 4 aromatic rings. The van der Waals surface area contributed by atoms with Crippen LogP contribution >= 0.6 is 0 Å². The quantitative estimate of drug-likeness (QED) is 0.440. The summed E-state index contributed by atoms with van der Waals surface area (Å²) in [6.07, 6.45) is 4.83. The molecule has 28 heavy (non-hydrogen) atoms. The first-order chi connectivity index (χ1) is 13.7. The number of fused-ring (bicyclic) bond motifs is 1. The third kappa shape index (κ3) is 3.71. The Morgan fingerprint density at radius 1 is 1.00 bits per heavy atom. The van der Waals surface area contributed by atoms with E-state index in [-0.39, 0.29) is 11.3 Å². The van der Waals surface area contributed by atoms with Gasteiger partial charge in [0.05, 0.1) is 11.6 Å². The lowest BCUT2D eigenvalue weighted by Gasteiger charge is -2.04. The van der Waals surface area contributed by atoms with E-state index in [0.29, 0.717) is 27.9 Å². The van der Waals surface area contributed by atoms with E-state index in [2.05, 4.69) is 15.5 Å². The minimum absolute atomic E-state index is 0.107. The Balaban J connectivity index is 1.51. The Labute approximate surface area is 160 Å². The number of rotatable bonds is 4. The van der Waals surface area contributed by atoms with Gasteiger partial charge in [0.25, 0.3) is 5.91 Å². The van der Waals surface area contributed by atoms with Gasteiger partial charge in [0.2, 0.25) is 0 Å². The largest absolute Gasteiger partial charge is 0.456 e. The number of hydrogen-bond donors (Lipinski definition) is 1. The van der Waals surface area contributed by atoms with Crippen LogP contribution in [0.4, 0.5) is 0 Å². The lowest BCUT2D eigenvalue weighted by atomic mass is 10.1. The van der Waals surface area contributed by atoms with Gasteiger partial charge in [-0.05, 0) is 42.0 Å². The third-order valence-electron chi connectivity index (χ3n) is 4.15. The Bertz CT molecular complexity index is 1210. The molecule has 0 aliphatic carbocycles. The maximum Gasteiger partial charge on any atom is 0.271 e. The van der Waals surface area contributed by atoms with Crippen molar-refractivity contribution in [2.75, 3.05) is 0 Å². The first kappa shape index (κ1) is 17.4. The van der Waals surface area contributed by atoms with Gasteiger partial charge in [-0.15, -0.1) is 0 Å². The highest BCUT2D eigenvalue weighted by atomic mass is 16.3. The van der Waals surface area contributed by atoms with E-state index < -0.39 is 0 Å². The van der Waals surface area contributed by atoms with Crippen molar-refractivity contribution in [1.29, 1.82) is 0 Å². The molecule has 2 aromatic carbocycles. The molecule has 0 radical (unpaired) electrons. The molecule has 2 heterocycles. The van der Waals surface area contributed by atoms with E-state index in [0.717, 1.165) is 5.56 Å². The molecule has 0 spiro atoms. The van der Waals surface area contributed by atoms with Crippen LogP contribution in [0, 0.1) is 0 Å². The normalized spacial score (nSPS) is 11.0. The van der Waals surface area contributed by atoms with E-state index in [9.17, 15) is 9.59 Å². The number of nitrogens with zero attached hydrogens (tertiary/aromatic N) is 2. The molecule has 0 bridgehead atoms. The molecular weight excluding hydrogens is 354 g/mol. The molecule has 0 unspecified atom stereocenters. The molecule has 1 amide bonds. The average molecular weight is 369 g/mol. The number of benzene rings is 2. The summed E-state index contributed by atoms with van der Waals surface area (Å²) in [4.78, 5) is 28.4. The number of para-hydroxylation sites is 1. The second-order valence-electron chi connectivity index (χ2n) is 6.03. The van der Waals surface area contributed by atoms with Crippen LogP contribution in [-0.2, 0) is 0 Å². The fourth-order valence-electron chi connectivity index (χ4n) is 2.71. The van der Waals surface area contributed by atoms with Crippen molar-refractivity contribution in [3.63, 3.8) is 0 Å². The minimum Gasteiger partial charge on any atom is -0.456 e. The van der Waals surface area contributed by atoms with Gasteiger partial charge in [-0.2, -0.15) is 5.10 Å². The van der Waals surface area contributed by atoms with Crippen molar-refractivity contribution in [3.8, 4) is 11.3 Å². The second-order valence-corrected chi connectivity index (χ2v) is 6.03. The van der Waals surface area contributed by atoms with Gasteiger partial charge < -0.3 is 4.42 Å². The van der Waals surface area contributed by atoms with Gasteiger partial charge in [-0.1, -0.05) is 24.3 Å². The van der Waals surface area contributed by atoms with Gasteiger partial charge in [-0.3, -0.25) is 14.6 Å². The molecule has 6 heteroatoms. The van der Waals surface area contributed by atoms with Crippen molar-refractivity contribution >= 4 is 23.1 Å². The third-order valence-corrected chi connectivity index (χ3v) is 4.15. The van der Waals surface area contributed by atoms with Crippen LogP contribution in [0.5, 0.6) is 0 Å². The molecule has 6 nitrogen and oxygen atoms in total. The molecular formula is C22H15N3O3. The molecule has 1 N–H and O–H groups in total. The standard InChI is InChI=1S/C22H15N3O3/c26-19-13-21(28-20-4-2-1-3-18(19)20)16-5-7-17(8-6-16)22(27)25-24-14-15-9-11-23-12-10-15/h1-14H,(H,25,27)/b24-14+. The first-order valence-electron chi connectivity index (χ1n) is 8.57. The summed E-state index contributed by atoms with van der Waals surface area (Å²) < 4.78 is 5.81. The number of nitrogens with one attached hydrogen (secondary N) is 1. The second kappa shape index (κ2) is 7.67. The maximum atomic E-state index is 12.2. The Morgan fingerprint density at radius 3 is 2.54 bits per heavy atom. The Kier molecular flexibility index (Phi) is 4.76. The summed E-state index contributed by atoms with van der Waals surface area (Å²) in [7, 11) is 0. The predicted octanol–water partition coefficient (Wildman–Crippen LogP) is 3.62. The van der Waals surface area contributed by atoms with Crippen molar-refractivity contribution < 1.29 is 9.21 Å². The molecule has 0 fully saturated rings. The van der Waals surface area contributed by atoms with Gasteiger partial charge in [0.1, 0.15) is 11.3 Å². The predicted molar refractivity (Wildman–Crippen MR) is 107 cm³/mol. The Hall–Kier alpha value is -4.06. The Morgan fingerprint density at radius 2 is 1.75 bits per heavy atom. The highest BCUT2D eigenvalue weighted by Crippen LogP contribution is 2.22. The zero-order chi connectivity index (χ0) is 19.3. The first-order valence-corrected chi connectivity index (χ1v) is 8.57. The molecule has 0 aliphatic heterocycles. The zero-order valence-corrected chi connectivity index (χ0v) is 14.7. The average Bonchev–Trinajstić information content (AvgIpc) is 2.74. The van der Waals surface area contributed by atoms with Crippen LogP contribution in [0.2, 0.25) is 0 Å². The summed E-state index contributed by atoms with van der Waals surface area (Å²) in [6.45, 7) is 0. The van der Waals surface area contributed by atoms with Crippen LogP contribution in [0.25, 0.3) is 22.3 Å². The van der Waals surface area contributed by atoms with Gasteiger partial charge >= 0.3 is 0 Å². The number of amides is 1. The van der Waals surface area contributed by atoms with Crippen molar-refractivity contribution in [2.45, 2.75) is 0 Å². The number of hydrazone groups is 1. The fourth-order valence-corrected chi connectivity index (χ4v) is 2.71. The summed E-state index contributed by atoms with van der Waals surface area (Å²) in [5.74, 6) is 0.114. The van der Waals surface area contributed by atoms with Crippen LogP contribution in [0.1, 0.15) is 15.9 Å². The maximum absolute atomic E-state index is 12.2. The number of aromatic nitrogens is 1. The number of carbonyl (C=O) groups is 1. The van der Waals surface area contributed by atoms with Gasteiger partial charge in [0.15, 0.2) is 5.43 Å². The molecule has 0 saturated carbocycles. The molecule has 0 saturated heterocycles. The fraction of sp³-hybridized carbons (Fsp3) is 0. The SMILES string of the molecule is O=C(N/N=C/c1ccncc1)c1ccc(-c2cc(=O)c3ccccc3o2)cc1. The van der Waals surface area contributed by atoms with E-state index in [1.165, 1.54) is 12.3 Å². The smallest absolute Gasteiger partial charge is 0.271 e. The van der Waals surface area contributed by atoms with E-state index in [4.69, 9.17) is 4.42 Å². The number of pyridine rings is 1. The lowest BCUT2D eigenvalue weighted by Crippen LogP contribution is -2.17. The summed E-state index contributed by atoms with van der Waals surface area (Å²) in [5.41, 5.74) is 4.88. The van der Waals surface area contributed by atoms with E-state index >= 15 is 0 Å². The van der Waals surface area contributed by atoms with Crippen molar-refractivity contribution in [3.05, 3.63) is 100 Å². The topological polar surface area (TPSA) is 84.6 Å². The van der Waals surface area contributed by atoms with Crippen LogP contribution in [0.15, 0.2) is 93.4 Å². The van der Waals surface area contributed by atoms with Crippen LogP contribution < -0.4 is 10.9 Å². The lowest BCUT2D eigenvalue weighted by molar-refractivity contribution is 0.0955. The van der Waals surface area contributed by atoms with Crippen LogP contribution in [-0.4, -0.2) is 17.1 Å². The summed E-state index contributed by atoms with van der Waals surface area (Å²) in [5, 5.41) is 4.47. The number of hydrogen-bond acceptors (Lipinski definition) is 5. The highest BCUT2D eigenvalue weighted by molar-refractivity contribution is 5.95. The molecule has 4 rings (SSSR count). The molecule has 0 atom stereocenters. The van der Waals surface area contributed by atoms with Crippen molar-refractivity contribution in [2.24, 2.45) is 5.10 Å². The molecule has 136 valence electrons. The monoisotopic (exact) mass is 369 g/mol. The van der Waals surface area contributed by atoms with Gasteiger partial charge in [0, 0.05) is 29.6 Å². The van der Waals surface area contributed by atoms with Crippen LogP contribution in [0.3, 0.4) is 0 Å². The summed E-state index contributed by atoms with van der Waals surface area (Å²) >= 11 is 0. The summed E-state index contributed by atoms with van der Waals surface area (Å²) in [6, 6.07) is 18.9. The van der Waals surface area contributed by atoms with Crippen molar-refractivity contribution in [1.82, 2.24) is 10.4 Å². The highest BCUT2D eigenvalue weighted by Gasteiger charge is 2.09. The molecule has 0 aliphatic rings. The number of carbonyl (C=O) groups excluding carboxylic acids is 1. The zero-order valence-electron chi connectivity index (χ0n) is 14.7. The van der Waals surface area contributed by atoms with E-state index in [1.54, 1.807) is 67.0 Å².